The number of carbonyl (C=O) groups excluding carboxylic acids is 1. The minimum Gasteiger partial charge on any atom is -0.497 e. The normalized spacial score (nSPS) is 10.9. The number of benzene rings is 2. The Bertz CT molecular complexity index is 1470. The van der Waals surface area contributed by atoms with Crippen LogP contribution in [0.15, 0.2) is 64.3 Å². The Balaban J connectivity index is 1.81. The summed E-state index contributed by atoms with van der Waals surface area (Å²) >= 11 is 0. The van der Waals surface area contributed by atoms with Crippen molar-refractivity contribution < 1.29 is 13.9 Å². The molecular weight excluding hydrogens is 415 g/mol. The van der Waals surface area contributed by atoms with Crippen LogP contribution in [0, 0.1) is 12.7 Å². The molecule has 9 heteroatoms. The van der Waals surface area contributed by atoms with E-state index in [1.54, 1.807) is 43.3 Å². The highest BCUT2D eigenvalue weighted by molar-refractivity contribution is 6.05. The van der Waals surface area contributed by atoms with E-state index in [2.05, 4.69) is 10.3 Å². The summed E-state index contributed by atoms with van der Waals surface area (Å²) in [5.41, 5.74) is 0.253. The molecule has 2 aromatic carbocycles. The second kappa shape index (κ2) is 8.10. The molecule has 0 radical (unpaired) electrons. The summed E-state index contributed by atoms with van der Waals surface area (Å²) in [6, 6.07) is 12.4. The first-order valence-corrected chi connectivity index (χ1v) is 9.64. The molecule has 0 unspecified atom stereocenters. The third-order valence-corrected chi connectivity index (χ3v) is 5.11. The molecular formula is C23H19FN4O4. The second-order valence-electron chi connectivity index (χ2n) is 7.19. The predicted octanol–water partition coefficient (Wildman–Crippen LogP) is 2.79. The van der Waals surface area contributed by atoms with E-state index < -0.39 is 23.0 Å². The van der Waals surface area contributed by atoms with Crippen molar-refractivity contribution in [1.29, 1.82) is 0 Å². The van der Waals surface area contributed by atoms with Crippen molar-refractivity contribution in [2.24, 2.45) is 7.05 Å². The molecule has 32 heavy (non-hydrogen) atoms. The highest BCUT2D eigenvalue weighted by Gasteiger charge is 2.17. The van der Waals surface area contributed by atoms with Gasteiger partial charge in [-0.2, -0.15) is 0 Å². The summed E-state index contributed by atoms with van der Waals surface area (Å²) in [6.45, 7) is 1.62. The molecule has 0 aliphatic heterocycles. The van der Waals surface area contributed by atoms with Crippen LogP contribution in [0.2, 0.25) is 0 Å². The first-order chi connectivity index (χ1) is 15.3. The smallest absolute Gasteiger partial charge is 0.337 e. The van der Waals surface area contributed by atoms with E-state index in [9.17, 15) is 18.8 Å². The number of fused-ring (bicyclic) bond motifs is 1. The van der Waals surface area contributed by atoms with Gasteiger partial charge in [0.15, 0.2) is 5.65 Å². The van der Waals surface area contributed by atoms with E-state index >= 15 is 0 Å². The Morgan fingerprint density at radius 1 is 1.09 bits per heavy atom. The van der Waals surface area contributed by atoms with Gasteiger partial charge in [-0.3, -0.25) is 14.2 Å². The molecule has 8 nitrogen and oxygen atoms in total. The molecule has 0 atom stereocenters. The van der Waals surface area contributed by atoms with Crippen LogP contribution in [0.3, 0.4) is 0 Å². The van der Waals surface area contributed by atoms with Crippen LogP contribution in [0.5, 0.6) is 5.75 Å². The lowest BCUT2D eigenvalue weighted by molar-refractivity contribution is 0.102. The Kier molecular flexibility index (Phi) is 5.31. The van der Waals surface area contributed by atoms with Gasteiger partial charge < -0.3 is 10.1 Å². The molecule has 1 amide bonds. The molecule has 4 aromatic rings. The van der Waals surface area contributed by atoms with Gasteiger partial charge >= 0.3 is 5.69 Å². The van der Waals surface area contributed by atoms with E-state index in [1.165, 1.54) is 37.1 Å². The topological polar surface area (TPSA) is 95.2 Å². The van der Waals surface area contributed by atoms with Crippen LogP contribution in [0.4, 0.5) is 10.1 Å². The van der Waals surface area contributed by atoms with Gasteiger partial charge in [-0.05, 0) is 55.0 Å². The van der Waals surface area contributed by atoms with Gasteiger partial charge in [0, 0.05) is 18.9 Å². The first kappa shape index (κ1) is 21.0. The number of ether oxygens (including phenoxy) is 1. The molecule has 0 spiro atoms. The number of amides is 1. The molecule has 0 aliphatic carbocycles. The lowest BCUT2D eigenvalue weighted by atomic mass is 10.2. The fraction of sp³-hybridized carbons (Fsp3) is 0.130. The average molecular weight is 434 g/mol. The van der Waals surface area contributed by atoms with Crippen molar-refractivity contribution in [3.05, 3.63) is 92.5 Å². The number of carbonyl (C=O) groups is 1. The highest BCUT2D eigenvalue weighted by atomic mass is 19.1. The highest BCUT2D eigenvalue weighted by Crippen LogP contribution is 2.18. The van der Waals surface area contributed by atoms with Crippen molar-refractivity contribution >= 4 is 22.6 Å². The zero-order valence-corrected chi connectivity index (χ0v) is 17.5. The fourth-order valence-corrected chi connectivity index (χ4v) is 3.26. The van der Waals surface area contributed by atoms with E-state index in [0.717, 1.165) is 4.57 Å². The fourth-order valence-electron chi connectivity index (χ4n) is 3.26. The van der Waals surface area contributed by atoms with E-state index in [4.69, 9.17) is 4.74 Å². The number of hydrogen-bond donors (Lipinski definition) is 1. The number of aryl methyl sites for hydroxylation is 1. The van der Waals surface area contributed by atoms with Gasteiger partial charge in [0.1, 0.15) is 11.6 Å². The lowest BCUT2D eigenvalue weighted by Gasteiger charge is -2.13. The minimum atomic E-state index is -0.585. The molecule has 162 valence electrons. The van der Waals surface area contributed by atoms with E-state index in [1.807, 2.05) is 0 Å². The summed E-state index contributed by atoms with van der Waals surface area (Å²) in [6.07, 6.45) is 1.26. The average Bonchev–Trinajstić information content (AvgIpc) is 2.80. The second-order valence-corrected chi connectivity index (χ2v) is 7.19. The molecule has 4 rings (SSSR count). The Hall–Kier alpha value is -4.27. The Morgan fingerprint density at radius 2 is 1.81 bits per heavy atom. The minimum absolute atomic E-state index is 0.0886. The maximum Gasteiger partial charge on any atom is 0.337 e. The summed E-state index contributed by atoms with van der Waals surface area (Å²) < 4.78 is 21.2. The zero-order valence-electron chi connectivity index (χ0n) is 17.5. The number of aromatic nitrogens is 3. The molecule has 0 aliphatic rings. The Morgan fingerprint density at radius 3 is 2.47 bits per heavy atom. The summed E-state index contributed by atoms with van der Waals surface area (Å²) in [4.78, 5) is 42.5. The van der Waals surface area contributed by atoms with Crippen molar-refractivity contribution in [1.82, 2.24) is 14.1 Å². The van der Waals surface area contributed by atoms with Crippen molar-refractivity contribution in [3.63, 3.8) is 0 Å². The molecule has 0 saturated heterocycles. The SMILES string of the molecule is COc1ccc(-n2c(=O)n(C)c(=O)c3cc(C(=O)Nc4ccc(C)c(F)c4)cnc32)cc1. The van der Waals surface area contributed by atoms with Crippen LogP contribution in [0.1, 0.15) is 15.9 Å². The molecule has 0 bridgehead atoms. The third-order valence-electron chi connectivity index (χ3n) is 5.11. The zero-order chi connectivity index (χ0) is 23.0. The number of nitrogens with zero attached hydrogens (tertiary/aromatic N) is 3. The van der Waals surface area contributed by atoms with Gasteiger partial charge in [0.05, 0.1) is 23.7 Å². The van der Waals surface area contributed by atoms with Gasteiger partial charge in [0.25, 0.3) is 11.5 Å². The molecule has 1 N–H and O–H groups in total. The molecule has 0 saturated carbocycles. The lowest BCUT2D eigenvalue weighted by Crippen LogP contribution is -2.38. The maximum absolute atomic E-state index is 13.8. The molecule has 2 aromatic heterocycles. The molecule has 2 heterocycles. The third kappa shape index (κ3) is 3.64. The monoisotopic (exact) mass is 434 g/mol. The summed E-state index contributed by atoms with van der Waals surface area (Å²) in [5.74, 6) is -0.404. The predicted molar refractivity (Wildman–Crippen MR) is 118 cm³/mol. The maximum atomic E-state index is 13.8. The van der Waals surface area contributed by atoms with Gasteiger partial charge in [-0.1, -0.05) is 6.07 Å². The van der Waals surface area contributed by atoms with Crippen LogP contribution in [0.25, 0.3) is 16.7 Å². The van der Waals surface area contributed by atoms with Gasteiger partial charge in [0.2, 0.25) is 0 Å². The summed E-state index contributed by atoms with van der Waals surface area (Å²) in [5, 5.41) is 2.67. The standard InChI is InChI=1S/C23H19FN4O4/c1-13-4-5-15(11-19(13)24)26-21(29)14-10-18-20(25-12-14)28(23(31)27(2)22(18)30)16-6-8-17(32-3)9-7-16/h4-12H,1-3H3,(H,26,29). The number of halogens is 1. The number of anilines is 1. The number of pyridine rings is 1. The van der Waals surface area contributed by atoms with Gasteiger partial charge in [-0.15, -0.1) is 0 Å². The Labute approximate surface area is 181 Å². The van der Waals surface area contributed by atoms with Gasteiger partial charge in [-0.25, -0.2) is 18.7 Å². The van der Waals surface area contributed by atoms with Crippen LogP contribution < -0.4 is 21.3 Å². The number of methoxy groups -OCH3 is 1. The first-order valence-electron chi connectivity index (χ1n) is 9.64. The van der Waals surface area contributed by atoms with Crippen LogP contribution >= 0.6 is 0 Å². The summed E-state index contributed by atoms with van der Waals surface area (Å²) in [7, 11) is 2.88. The molecule has 0 fully saturated rings. The number of rotatable bonds is 4. The number of nitrogens with one attached hydrogen (secondary N) is 1. The van der Waals surface area contributed by atoms with Crippen LogP contribution in [-0.4, -0.2) is 27.1 Å². The quantitative estimate of drug-likeness (QED) is 0.533. The van der Waals surface area contributed by atoms with Crippen molar-refractivity contribution in [3.8, 4) is 11.4 Å². The largest absolute Gasteiger partial charge is 0.497 e. The van der Waals surface area contributed by atoms with E-state index in [0.29, 0.717) is 17.0 Å². The van der Waals surface area contributed by atoms with E-state index in [-0.39, 0.29) is 22.3 Å². The van der Waals surface area contributed by atoms with Crippen LogP contribution in [-0.2, 0) is 7.05 Å². The number of hydrogen-bond acceptors (Lipinski definition) is 5. The van der Waals surface area contributed by atoms with Crippen molar-refractivity contribution in [2.75, 3.05) is 12.4 Å². The van der Waals surface area contributed by atoms with Crippen molar-refractivity contribution in [2.45, 2.75) is 6.92 Å².